The average Bonchev–Trinajstić information content (AvgIpc) is 3.06. The predicted molar refractivity (Wildman–Crippen MR) is 79.4 cm³/mol. The van der Waals surface area contributed by atoms with E-state index in [1.807, 2.05) is 32.0 Å². The molecule has 2 aromatic rings. The number of amides is 1. The van der Waals surface area contributed by atoms with E-state index >= 15 is 0 Å². The third-order valence-electron chi connectivity index (χ3n) is 4.26. The molecule has 1 N–H and O–H groups in total. The topological polar surface area (TPSA) is 77.3 Å². The molecule has 1 aliphatic heterocycles. The lowest BCUT2D eigenvalue weighted by Gasteiger charge is -2.35. The van der Waals surface area contributed by atoms with E-state index in [2.05, 4.69) is 15.5 Å². The first-order valence-corrected chi connectivity index (χ1v) is 7.35. The molecule has 22 heavy (non-hydrogen) atoms. The van der Waals surface area contributed by atoms with Crippen molar-refractivity contribution in [3.63, 3.8) is 0 Å². The van der Waals surface area contributed by atoms with Gasteiger partial charge in [-0.25, -0.2) is 0 Å². The molecule has 1 aromatic carbocycles. The van der Waals surface area contributed by atoms with Crippen LogP contribution in [0.15, 0.2) is 29.1 Å². The molecule has 0 bridgehead atoms. The first-order chi connectivity index (χ1) is 10.6. The van der Waals surface area contributed by atoms with Gasteiger partial charge < -0.3 is 14.6 Å². The molecule has 0 radical (unpaired) electrons. The number of aryl methyl sites for hydroxylation is 2. The first-order valence-electron chi connectivity index (χ1n) is 7.35. The summed E-state index contributed by atoms with van der Waals surface area (Å²) in [5.41, 5.74) is 2.27. The molecule has 0 unspecified atom stereocenters. The van der Waals surface area contributed by atoms with Crippen molar-refractivity contribution in [3.8, 4) is 0 Å². The van der Waals surface area contributed by atoms with Crippen LogP contribution in [-0.2, 0) is 10.3 Å². The lowest BCUT2D eigenvalue weighted by atomic mass is 9.88. The monoisotopic (exact) mass is 301 g/mol. The Kier molecular flexibility index (Phi) is 3.94. The summed E-state index contributed by atoms with van der Waals surface area (Å²) >= 11 is 0. The highest BCUT2D eigenvalue weighted by Gasteiger charge is 2.40. The van der Waals surface area contributed by atoms with Gasteiger partial charge in [-0.05, 0) is 37.1 Å². The van der Waals surface area contributed by atoms with Crippen molar-refractivity contribution < 1.29 is 14.1 Å². The Morgan fingerprint density at radius 1 is 1.23 bits per heavy atom. The van der Waals surface area contributed by atoms with Crippen LogP contribution in [0.25, 0.3) is 0 Å². The van der Waals surface area contributed by atoms with Crippen LogP contribution in [0.5, 0.6) is 0 Å². The van der Waals surface area contributed by atoms with Gasteiger partial charge in [0, 0.05) is 31.6 Å². The fraction of sp³-hybridized carbons (Fsp3) is 0.438. The normalized spacial score (nSPS) is 17.2. The van der Waals surface area contributed by atoms with Crippen molar-refractivity contribution in [2.75, 3.05) is 13.2 Å². The van der Waals surface area contributed by atoms with E-state index in [0.717, 1.165) is 11.1 Å². The van der Waals surface area contributed by atoms with Crippen LogP contribution in [0.4, 0.5) is 0 Å². The molecule has 0 saturated carbocycles. The standard InChI is InChI=1S/C16H19N3O3/c1-11-3-4-13(9-12(11)2)14(20)18-16(5-7-21-8-6-16)15-17-10-22-19-15/h3-4,9-10H,5-8H2,1-2H3,(H,18,20). The minimum absolute atomic E-state index is 0.130. The van der Waals surface area contributed by atoms with Crippen LogP contribution in [-0.4, -0.2) is 29.3 Å². The fourth-order valence-electron chi connectivity index (χ4n) is 2.68. The quantitative estimate of drug-likeness (QED) is 0.939. The summed E-state index contributed by atoms with van der Waals surface area (Å²) < 4.78 is 10.3. The van der Waals surface area contributed by atoms with Crippen molar-refractivity contribution in [1.82, 2.24) is 15.5 Å². The maximum atomic E-state index is 12.6. The highest BCUT2D eigenvalue weighted by Crippen LogP contribution is 2.30. The van der Waals surface area contributed by atoms with Gasteiger partial charge in [0.1, 0.15) is 5.54 Å². The summed E-state index contributed by atoms with van der Waals surface area (Å²) in [6.07, 6.45) is 2.54. The van der Waals surface area contributed by atoms with Gasteiger partial charge in [0.05, 0.1) is 0 Å². The molecule has 2 heterocycles. The van der Waals surface area contributed by atoms with Gasteiger partial charge in [0.25, 0.3) is 5.91 Å². The van der Waals surface area contributed by atoms with E-state index in [9.17, 15) is 4.79 Å². The number of carbonyl (C=O) groups excluding carboxylic acids is 1. The van der Waals surface area contributed by atoms with Gasteiger partial charge in [-0.3, -0.25) is 4.79 Å². The van der Waals surface area contributed by atoms with Crippen LogP contribution in [0.3, 0.4) is 0 Å². The summed E-state index contributed by atoms with van der Waals surface area (Å²) in [4.78, 5) is 16.8. The first kappa shape index (κ1) is 14.7. The zero-order valence-electron chi connectivity index (χ0n) is 12.8. The van der Waals surface area contributed by atoms with Crippen LogP contribution in [0, 0.1) is 13.8 Å². The van der Waals surface area contributed by atoms with E-state index in [4.69, 9.17) is 9.26 Å². The van der Waals surface area contributed by atoms with Gasteiger partial charge >= 0.3 is 0 Å². The molecule has 6 heteroatoms. The third kappa shape index (κ3) is 2.74. The SMILES string of the molecule is Cc1ccc(C(=O)NC2(c3ncon3)CCOCC2)cc1C. The minimum Gasteiger partial charge on any atom is -0.381 e. The molecule has 1 saturated heterocycles. The Hall–Kier alpha value is -2.21. The van der Waals surface area contributed by atoms with Gasteiger partial charge in [0.15, 0.2) is 5.82 Å². The third-order valence-corrected chi connectivity index (χ3v) is 4.26. The molecule has 0 atom stereocenters. The maximum absolute atomic E-state index is 12.6. The van der Waals surface area contributed by atoms with Crippen molar-refractivity contribution in [2.24, 2.45) is 0 Å². The molecule has 1 aliphatic rings. The highest BCUT2D eigenvalue weighted by molar-refractivity contribution is 5.95. The Bertz CT molecular complexity index is 661. The van der Waals surface area contributed by atoms with Crippen molar-refractivity contribution in [3.05, 3.63) is 47.1 Å². The number of ether oxygens (including phenoxy) is 1. The van der Waals surface area contributed by atoms with Crippen molar-refractivity contribution in [2.45, 2.75) is 32.2 Å². The van der Waals surface area contributed by atoms with Crippen LogP contribution < -0.4 is 5.32 Å². The molecule has 1 fully saturated rings. The maximum Gasteiger partial charge on any atom is 0.252 e. The average molecular weight is 301 g/mol. The second kappa shape index (κ2) is 5.88. The summed E-state index contributed by atoms with van der Waals surface area (Å²) in [5.74, 6) is 0.378. The van der Waals surface area contributed by atoms with E-state index < -0.39 is 5.54 Å². The molecule has 1 aromatic heterocycles. The lowest BCUT2D eigenvalue weighted by molar-refractivity contribution is 0.0306. The Balaban J connectivity index is 1.87. The van der Waals surface area contributed by atoms with Crippen LogP contribution >= 0.6 is 0 Å². The smallest absolute Gasteiger partial charge is 0.252 e. The van der Waals surface area contributed by atoms with Gasteiger partial charge in [-0.15, -0.1) is 0 Å². The Morgan fingerprint density at radius 2 is 2.00 bits per heavy atom. The number of benzene rings is 1. The highest BCUT2D eigenvalue weighted by atomic mass is 16.5. The molecular weight excluding hydrogens is 282 g/mol. The summed E-state index contributed by atoms with van der Waals surface area (Å²) in [7, 11) is 0. The number of hydrogen-bond acceptors (Lipinski definition) is 5. The lowest BCUT2D eigenvalue weighted by Crippen LogP contribution is -2.50. The summed E-state index contributed by atoms with van der Waals surface area (Å²) in [6.45, 7) is 5.13. The summed E-state index contributed by atoms with van der Waals surface area (Å²) in [5, 5.41) is 7.03. The fourth-order valence-corrected chi connectivity index (χ4v) is 2.68. The van der Waals surface area contributed by atoms with E-state index in [-0.39, 0.29) is 5.91 Å². The number of nitrogens with zero attached hydrogens (tertiary/aromatic N) is 2. The zero-order chi connectivity index (χ0) is 15.6. The van der Waals surface area contributed by atoms with Gasteiger partial charge in [-0.1, -0.05) is 11.2 Å². The van der Waals surface area contributed by atoms with Gasteiger partial charge in [-0.2, -0.15) is 4.98 Å². The second-order valence-electron chi connectivity index (χ2n) is 5.70. The Labute approximate surface area is 128 Å². The second-order valence-corrected chi connectivity index (χ2v) is 5.70. The number of nitrogens with one attached hydrogen (secondary N) is 1. The molecular formula is C16H19N3O3. The van der Waals surface area contributed by atoms with E-state index in [0.29, 0.717) is 37.4 Å². The molecule has 0 aliphatic carbocycles. The van der Waals surface area contributed by atoms with Crippen molar-refractivity contribution in [1.29, 1.82) is 0 Å². The van der Waals surface area contributed by atoms with Crippen LogP contribution in [0.2, 0.25) is 0 Å². The molecule has 0 spiro atoms. The minimum atomic E-state index is -0.624. The molecule has 3 rings (SSSR count). The number of hydrogen-bond donors (Lipinski definition) is 1. The molecule has 116 valence electrons. The molecule has 1 amide bonds. The Morgan fingerprint density at radius 3 is 2.64 bits per heavy atom. The van der Waals surface area contributed by atoms with Gasteiger partial charge in [0.2, 0.25) is 6.39 Å². The number of carbonyl (C=O) groups is 1. The number of rotatable bonds is 3. The summed E-state index contributed by atoms with van der Waals surface area (Å²) in [6, 6.07) is 5.68. The number of aromatic nitrogens is 2. The van der Waals surface area contributed by atoms with E-state index in [1.165, 1.54) is 6.39 Å². The predicted octanol–water partition coefficient (Wildman–Crippen LogP) is 2.12. The largest absolute Gasteiger partial charge is 0.381 e. The van der Waals surface area contributed by atoms with Crippen LogP contribution in [0.1, 0.15) is 40.2 Å². The van der Waals surface area contributed by atoms with Crippen molar-refractivity contribution >= 4 is 5.91 Å². The van der Waals surface area contributed by atoms with E-state index in [1.54, 1.807) is 0 Å². The molecule has 6 nitrogen and oxygen atoms in total. The zero-order valence-corrected chi connectivity index (χ0v) is 12.8.